The van der Waals surface area contributed by atoms with Gasteiger partial charge < -0.3 is 18.6 Å². The van der Waals surface area contributed by atoms with Crippen molar-refractivity contribution >= 4 is 110 Å². The van der Waals surface area contributed by atoms with Gasteiger partial charge >= 0.3 is 0 Å². The molecule has 4 fully saturated rings. The van der Waals surface area contributed by atoms with Crippen LogP contribution < -0.4 is 9.80 Å². The molecule has 19 rings (SSSR count). The molecule has 0 aliphatic heterocycles. The molecule has 4 nitrogen and oxygen atoms in total. The zero-order valence-corrected chi connectivity index (χ0v) is 54.2. The largest absolute Gasteiger partial charge is 0.310 e. The maximum absolute atomic E-state index is 2.70. The molecule has 15 aromatic rings. The van der Waals surface area contributed by atoms with E-state index in [1.165, 1.54) is 283 Å². The van der Waals surface area contributed by atoms with Crippen molar-refractivity contribution in [1.82, 2.24) is 8.80 Å². The maximum atomic E-state index is 2.70. The third-order valence-electron chi connectivity index (χ3n) is 23.5. The number of hydrogen-bond donors (Lipinski definition) is 0. The molecule has 0 spiro atoms. The Balaban J connectivity index is 0.875. The van der Waals surface area contributed by atoms with Crippen molar-refractivity contribution in [2.75, 3.05) is 9.80 Å². The molecule has 462 valence electrons. The number of anilines is 6. The molecule has 4 saturated carbocycles. The lowest BCUT2D eigenvalue weighted by Gasteiger charge is -2.29. The highest BCUT2D eigenvalue weighted by Crippen LogP contribution is 2.57. The van der Waals surface area contributed by atoms with Crippen LogP contribution in [0.2, 0.25) is 0 Å². The van der Waals surface area contributed by atoms with Crippen LogP contribution in [0.1, 0.15) is 174 Å². The minimum absolute atomic E-state index is 0.639. The molecule has 4 heteroatoms. The highest BCUT2D eigenvalue weighted by atomic mass is 15.2. The summed E-state index contributed by atoms with van der Waals surface area (Å²) in [6.45, 7) is 0. The smallest absolute Gasteiger partial charge is 0.0634 e. The molecule has 0 atom stereocenters. The van der Waals surface area contributed by atoms with Crippen molar-refractivity contribution in [2.24, 2.45) is 0 Å². The predicted octanol–water partition coefficient (Wildman–Crippen LogP) is 26.5. The zero-order chi connectivity index (χ0) is 61.8. The van der Waals surface area contributed by atoms with E-state index in [-0.39, 0.29) is 0 Å². The van der Waals surface area contributed by atoms with Gasteiger partial charge in [-0.05, 0) is 181 Å². The minimum Gasteiger partial charge on any atom is -0.310 e. The molecule has 4 aliphatic rings. The quantitative estimate of drug-likeness (QED) is 0.121. The molecule has 0 amide bonds. The Labute approximate surface area is 552 Å². The summed E-state index contributed by atoms with van der Waals surface area (Å²) in [6.07, 6.45) is 26.4. The highest BCUT2D eigenvalue weighted by molar-refractivity contribution is 6.39. The SMILES string of the molecule is c1ccc(-c2c3c4cccc5c6c(N(c7ccc(C8CCCCC8)cc7)c7ccc(C8CCCCC8)cc7)cccc6n(c3c(-c3ccccc3)c3c6cccc7c8c(N(c9ccc(C%10CCCCC%10)cc9)c9ccc(C%10CCCCC%10)cc9)cccc8n(c23)c76)c54)cc1. The van der Waals surface area contributed by atoms with Crippen molar-refractivity contribution in [3.8, 4) is 22.3 Å². The standard InChI is InChI=1S/C90H82N4/c1-7-23-59(24-8-1)63-43-51-69(52-44-63)91(70-53-45-64(46-54-70)60-25-9-2-10-26-60)77-39-21-41-79-83(77)73-35-19-37-75-85-82(68-33-17-6-18-34-68)90-86(81(67-31-15-5-16-32-67)89(85)93(79)87(73)75)76-38-20-36-74-84-78(40-22-42-80(84)94(90)88(74)76)92(71-55-47-65(48-56-71)61-27-11-3-12-28-61)72-57-49-66(50-58-72)62-29-13-4-14-30-62/h5-6,15-22,31-62H,1-4,7-14,23-30H2. The summed E-state index contributed by atoms with van der Waals surface area (Å²) in [7, 11) is 0. The number of fused-ring (bicyclic) bond motifs is 12. The summed E-state index contributed by atoms with van der Waals surface area (Å²) in [6, 6.07) is 90.6. The third kappa shape index (κ3) is 9.05. The van der Waals surface area contributed by atoms with E-state index in [0.29, 0.717) is 23.7 Å². The number of rotatable bonds is 12. The fourth-order valence-corrected chi connectivity index (χ4v) is 19.1. The molecular formula is C90H82N4. The maximum Gasteiger partial charge on any atom is 0.0634 e. The van der Waals surface area contributed by atoms with Crippen LogP contribution in [0.4, 0.5) is 34.1 Å². The summed E-state index contributed by atoms with van der Waals surface area (Å²) < 4.78 is 5.40. The number of nitrogens with zero attached hydrogens (tertiary/aromatic N) is 4. The monoisotopic (exact) mass is 1220 g/mol. The number of para-hydroxylation sites is 2. The van der Waals surface area contributed by atoms with E-state index in [2.05, 4.69) is 249 Å². The first kappa shape index (κ1) is 56.2. The van der Waals surface area contributed by atoms with E-state index < -0.39 is 0 Å². The second-order valence-corrected chi connectivity index (χ2v) is 28.7. The van der Waals surface area contributed by atoms with Crippen LogP contribution >= 0.6 is 0 Å². The molecule has 0 bridgehead atoms. The number of benzene rings is 11. The van der Waals surface area contributed by atoms with Gasteiger partial charge in [-0.25, -0.2) is 0 Å². The lowest BCUT2D eigenvalue weighted by Crippen LogP contribution is -2.12. The van der Waals surface area contributed by atoms with Crippen LogP contribution in [0.15, 0.2) is 231 Å². The Morgan fingerprint density at radius 2 is 0.511 bits per heavy atom. The van der Waals surface area contributed by atoms with Gasteiger partial charge in [0.2, 0.25) is 0 Å². The van der Waals surface area contributed by atoms with Gasteiger partial charge in [0.25, 0.3) is 0 Å². The van der Waals surface area contributed by atoms with E-state index in [0.717, 1.165) is 0 Å². The van der Waals surface area contributed by atoms with Crippen molar-refractivity contribution < 1.29 is 0 Å². The summed E-state index contributed by atoms with van der Waals surface area (Å²) in [5, 5.41) is 10.2. The van der Waals surface area contributed by atoms with E-state index in [1.54, 1.807) is 0 Å². The molecule has 4 heterocycles. The van der Waals surface area contributed by atoms with Gasteiger partial charge in [0.15, 0.2) is 0 Å². The first-order valence-electron chi connectivity index (χ1n) is 36.2. The van der Waals surface area contributed by atoms with Crippen LogP contribution in [-0.2, 0) is 0 Å². The zero-order valence-electron chi connectivity index (χ0n) is 54.2. The molecule has 0 unspecified atom stereocenters. The topological polar surface area (TPSA) is 15.3 Å². The van der Waals surface area contributed by atoms with Crippen LogP contribution in [0.25, 0.3) is 98.4 Å². The third-order valence-corrected chi connectivity index (χ3v) is 23.5. The van der Waals surface area contributed by atoms with Crippen LogP contribution in [0.3, 0.4) is 0 Å². The van der Waals surface area contributed by atoms with Gasteiger partial charge in [-0.2, -0.15) is 0 Å². The first-order valence-corrected chi connectivity index (χ1v) is 36.2. The Kier molecular flexibility index (Phi) is 13.9. The Morgan fingerprint density at radius 1 is 0.234 bits per heavy atom. The Bertz CT molecular complexity index is 4790. The molecule has 4 aliphatic carbocycles. The molecule has 4 aromatic heterocycles. The Hall–Kier alpha value is -9.38. The fraction of sp³-hybridized carbons (Fsp3) is 0.267. The summed E-state index contributed by atoms with van der Waals surface area (Å²) >= 11 is 0. The molecule has 94 heavy (non-hydrogen) atoms. The van der Waals surface area contributed by atoms with E-state index in [9.17, 15) is 0 Å². The average molecular weight is 1220 g/mol. The van der Waals surface area contributed by atoms with Gasteiger partial charge in [-0.15, -0.1) is 0 Å². The lowest BCUT2D eigenvalue weighted by atomic mass is 9.84. The second-order valence-electron chi connectivity index (χ2n) is 28.7. The van der Waals surface area contributed by atoms with Crippen LogP contribution in [0.5, 0.6) is 0 Å². The normalized spacial score (nSPS) is 16.8. The van der Waals surface area contributed by atoms with Gasteiger partial charge in [-0.1, -0.05) is 235 Å². The number of aromatic nitrogens is 2. The average Bonchev–Trinajstić information content (AvgIpc) is 1.49. The summed E-state index contributed by atoms with van der Waals surface area (Å²) in [5.74, 6) is 2.56. The van der Waals surface area contributed by atoms with Gasteiger partial charge in [-0.3, -0.25) is 0 Å². The van der Waals surface area contributed by atoms with E-state index in [1.807, 2.05) is 0 Å². The van der Waals surface area contributed by atoms with Crippen molar-refractivity contribution in [2.45, 2.75) is 152 Å². The van der Waals surface area contributed by atoms with Crippen molar-refractivity contribution in [1.29, 1.82) is 0 Å². The number of hydrogen-bond acceptors (Lipinski definition) is 2. The fourth-order valence-electron chi connectivity index (χ4n) is 19.1. The van der Waals surface area contributed by atoms with Crippen LogP contribution in [0, 0.1) is 0 Å². The molecular weight excluding hydrogens is 1140 g/mol. The molecule has 0 radical (unpaired) electrons. The Morgan fingerprint density at radius 3 is 0.809 bits per heavy atom. The van der Waals surface area contributed by atoms with Crippen LogP contribution in [-0.4, -0.2) is 8.80 Å². The molecule has 0 N–H and O–H groups in total. The van der Waals surface area contributed by atoms with Gasteiger partial charge in [0.05, 0.1) is 44.5 Å². The first-order chi connectivity index (χ1) is 46.7. The summed E-state index contributed by atoms with van der Waals surface area (Å²) in [5.41, 5.74) is 25.7. The molecule has 11 aromatic carbocycles. The van der Waals surface area contributed by atoms with Gasteiger partial charge in [0, 0.05) is 77.0 Å². The highest BCUT2D eigenvalue weighted by Gasteiger charge is 2.33. The van der Waals surface area contributed by atoms with Crippen molar-refractivity contribution in [3.63, 3.8) is 0 Å². The van der Waals surface area contributed by atoms with E-state index in [4.69, 9.17) is 0 Å². The van der Waals surface area contributed by atoms with Gasteiger partial charge in [0.1, 0.15) is 0 Å². The van der Waals surface area contributed by atoms with E-state index >= 15 is 0 Å². The minimum atomic E-state index is 0.639. The predicted molar refractivity (Wildman–Crippen MR) is 399 cm³/mol. The second kappa shape index (κ2) is 23.3. The van der Waals surface area contributed by atoms with Crippen molar-refractivity contribution in [3.05, 3.63) is 253 Å². The molecule has 0 saturated heterocycles. The summed E-state index contributed by atoms with van der Waals surface area (Å²) in [4.78, 5) is 5.17. The lowest BCUT2D eigenvalue weighted by molar-refractivity contribution is 0.443.